The van der Waals surface area contributed by atoms with Crippen molar-refractivity contribution in [2.24, 2.45) is 16.9 Å². The number of hydrogen-bond donors (Lipinski definition) is 4. The third-order valence-electron chi connectivity index (χ3n) is 4.54. The van der Waals surface area contributed by atoms with Gasteiger partial charge >= 0.3 is 0 Å². The van der Waals surface area contributed by atoms with Crippen LogP contribution in [0, 0.1) is 5.41 Å². The van der Waals surface area contributed by atoms with Gasteiger partial charge in [-0.15, -0.1) is 0 Å². The Balaban J connectivity index is 2.29. The lowest BCUT2D eigenvalue weighted by Gasteiger charge is -2.30. The second-order valence-corrected chi connectivity index (χ2v) is 7.94. The number of carbonyl (C=O) groups excluding carboxylic acids is 2. The summed E-state index contributed by atoms with van der Waals surface area (Å²) in [4.78, 5) is 25.6. The number of aryl methyl sites for hydroxylation is 1. The van der Waals surface area contributed by atoms with Gasteiger partial charge in [0, 0.05) is 25.0 Å². The summed E-state index contributed by atoms with van der Waals surface area (Å²) in [5, 5.41) is 10.9. The van der Waals surface area contributed by atoms with Crippen LogP contribution in [0.3, 0.4) is 0 Å². The average molecular weight is 389 g/mol. The van der Waals surface area contributed by atoms with Crippen molar-refractivity contribution in [2.45, 2.75) is 46.2 Å². The topological polar surface area (TPSA) is 128 Å². The fourth-order valence-electron chi connectivity index (χ4n) is 3.04. The number of rotatable bonds is 9. The molecule has 0 bridgehead atoms. The Morgan fingerprint density at radius 3 is 2.50 bits per heavy atom. The summed E-state index contributed by atoms with van der Waals surface area (Å²) in [5.74, 6) is -0.616. The van der Waals surface area contributed by atoms with E-state index in [1.165, 1.54) is 0 Å². The zero-order valence-electron chi connectivity index (χ0n) is 17.0. The van der Waals surface area contributed by atoms with Crippen LogP contribution in [0.4, 0.5) is 0 Å². The van der Waals surface area contributed by atoms with Gasteiger partial charge in [-0.05, 0) is 30.9 Å². The van der Waals surface area contributed by atoms with Gasteiger partial charge in [0.25, 0.3) is 5.91 Å². The van der Waals surface area contributed by atoms with Gasteiger partial charge in [0.05, 0.1) is 5.52 Å². The van der Waals surface area contributed by atoms with E-state index < -0.39 is 11.5 Å². The number of nitrogens with one attached hydrogen (secondary N) is 2. The number of para-hydroxylation sites is 1. The molecule has 0 aliphatic carbocycles. The van der Waals surface area contributed by atoms with E-state index in [0.29, 0.717) is 31.9 Å². The molecule has 6 N–H and O–H groups in total. The molecule has 0 radical (unpaired) electrons. The molecule has 2 aromatic rings. The molecular formula is C20H32N6O2. The fourth-order valence-corrected chi connectivity index (χ4v) is 3.04. The van der Waals surface area contributed by atoms with Crippen molar-refractivity contribution in [2.75, 3.05) is 19.6 Å². The molecule has 154 valence electrons. The number of unbranched alkanes of at least 4 members (excludes halogenated alkanes) is 1. The molecule has 0 aliphatic rings. The molecule has 2 amide bonds. The van der Waals surface area contributed by atoms with Crippen molar-refractivity contribution in [3.8, 4) is 0 Å². The van der Waals surface area contributed by atoms with Crippen molar-refractivity contribution in [1.82, 2.24) is 20.4 Å². The highest BCUT2D eigenvalue weighted by Gasteiger charge is 2.33. The third-order valence-corrected chi connectivity index (χ3v) is 4.54. The Bertz CT molecular complexity index is 809. The summed E-state index contributed by atoms with van der Waals surface area (Å²) < 4.78 is 1.83. The van der Waals surface area contributed by atoms with Gasteiger partial charge in [-0.1, -0.05) is 39.0 Å². The Morgan fingerprint density at radius 1 is 1.14 bits per heavy atom. The van der Waals surface area contributed by atoms with Crippen LogP contribution in [0.15, 0.2) is 24.3 Å². The second kappa shape index (κ2) is 9.66. The van der Waals surface area contributed by atoms with Crippen molar-refractivity contribution < 1.29 is 9.59 Å². The highest BCUT2D eigenvalue weighted by Crippen LogP contribution is 2.22. The van der Waals surface area contributed by atoms with E-state index in [1.54, 1.807) is 0 Å². The Hall–Kier alpha value is -2.45. The molecule has 1 aromatic heterocycles. The summed E-state index contributed by atoms with van der Waals surface area (Å²) in [6, 6.07) is 6.91. The lowest BCUT2D eigenvalue weighted by Crippen LogP contribution is -2.54. The van der Waals surface area contributed by atoms with Crippen LogP contribution in [0.1, 0.15) is 44.1 Å². The number of aromatic nitrogens is 2. The van der Waals surface area contributed by atoms with E-state index in [-0.39, 0.29) is 11.8 Å². The van der Waals surface area contributed by atoms with E-state index in [4.69, 9.17) is 11.5 Å². The number of nitrogens with two attached hydrogens (primary N) is 2. The molecule has 1 unspecified atom stereocenters. The quantitative estimate of drug-likeness (QED) is 0.476. The molecular weight excluding hydrogens is 356 g/mol. The first-order chi connectivity index (χ1) is 13.3. The van der Waals surface area contributed by atoms with Crippen molar-refractivity contribution in [1.29, 1.82) is 0 Å². The van der Waals surface area contributed by atoms with Crippen LogP contribution in [0.2, 0.25) is 0 Å². The van der Waals surface area contributed by atoms with Crippen LogP contribution in [-0.4, -0.2) is 47.3 Å². The smallest absolute Gasteiger partial charge is 0.273 e. The average Bonchev–Trinajstić information content (AvgIpc) is 3.02. The minimum Gasteiger partial charge on any atom is -0.353 e. The van der Waals surface area contributed by atoms with Gasteiger partial charge in [0.15, 0.2) is 5.69 Å². The Kier molecular flexibility index (Phi) is 7.53. The van der Waals surface area contributed by atoms with Crippen molar-refractivity contribution in [3.05, 3.63) is 30.0 Å². The molecule has 1 aromatic carbocycles. The Morgan fingerprint density at radius 2 is 1.86 bits per heavy atom. The zero-order chi connectivity index (χ0) is 20.7. The minimum atomic E-state index is -0.701. The first kappa shape index (κ1) is 21.8. The van der Waals surface area contributed by atoms with Crippen molar-refractivity contribution >= 4 is 22.7 Å². The molecule has 8 nitrogen and oxygen atoms in total. The van der Waals surface area contributed by atoms with E-state index >= 15 is 0 Å². The van der Waals surface area contributed by atoms with Gasteiger partial charge in [0.2, 0.25) is 5.91 Å². The molecule has 0 spiro atoms. The van der Waals surface area contributed by atoms with E-state index in [9.17, 15) is 9.59 Å². The van der Waals surface area contributed by atoms with Crippen LogP contribution < -0.4 is 22.1 Å². The monoisotopic (exact) mass is 388 g/mol. The standard InChI is InChI=1S/C20H32N6O2/c1-20(2,3)17(19(28)23-12-11-22)24-18(27)16-14-8-4-5-9-15(14)26(25-16)13-7-6-10-21/h4-5,8-9,17H,6-7,10-13,21-22H2,1-3H3,(H,23,28)(H,24,27). The van der Waals surface area contributed by atoms with Crippen LogP contribution in [-0.2, 0) is 11.3 Å². The molecule has 0 fully saturated rings. The molecule has 0 saturated heterocycles. The van der Waals surface area contributed by atoms with Crippen LogP contribution in [0.25, 0.3) is 10.9 Å². The second-order valence-electron chi connectivity index (χ2n) is 7.94. The maximum absolute atomic E-state index is 13.0. The number of benzene rings is 1. The molecule has 0 aliphatic heterocycles. The van der Waals surface area contributed by atoms with Crippen LogP contribution >= 0.6 is 0 Å². The summed E-state index contributed by atoms with van der Waals surface area (Å²) in [6.45, 7) is 7.73. The molecule has 8 heteroatoms. The predicted molar refractivity (Wildman–Crippen MR) is 111 cm³/mol. The summed E-state index contributed by atoms with van der Waals surface area (Å²) >= 11 is 0. The number of amides is 2. The maximum atomic E-state index is 13.0. The van der Waals surface area contributed by atoms with E-state index in [0.717, 1.165) is 23.7 Å². The number of fused-ring (bicyclic) bond motifs is 1. The third kappa shape index (κ3) is 5.30. The number of carbonyl (C=O) groups is 2. The summed E-state index contributed by atoms with van der Waals surface area (Å²) in [6.07, 6.45) is 1.78. The lowest BCUT2D eigenvalue weighted by atomic mass is 9.86. The molecule has 1 heterocycles. The van der Waals surface area contributed by atoms with Gasteiger partial charge < -0.3 is 22.1 Å². The Labute approximate surface area is 166 Å². The van der Waals surface area contributed by atoms with Gasteiger partial charge in [0.1, 0.15) is 6.04 Å². The van der Waals surface area contributed by atoms with Gasteiger partial charge in [-0.25, -0.2) is 0 Å². The van der Waals surface area contributed by atoms with Crippen molar-refractivity contribution in [3.63, 3.8) is 0 Å². The highest BCUT2D eigenvalue weighted by molar-refractivity contribution is 6.06. The molecule has 2 rings (SSSR count). The largest absolute Gasteiger partial charge is 0.353 e. The first-order valence-corrected chi connectivity index (χ1v) is 9.74. The SMILES string of the molecule is CC(C)(C)C(NC(=O)c1nn(CCCCN)c2ccccc12)C(=O)NCCN. The van der Waals surface area contributed by atoms with Gasteiger partial charge in [-0.2, -0.15) is 5.10 Å². The maximum Gasteiger partial charge on any atom is 0.273 e. The number of nitrogens with zero attached hydrogens (tertiary/aromatic N) is 2. The van der Waals surface area contributed by atoms with Crippen LogP contribution in [0.5, 0.6) is 0 Å². The molecule has 0 saturated carbocycles. The minimum absolute atomic E-state index is 0.252. The highest BCUT2D eigenvalue weighted by atomic mass is 16.2. The molecule has 28 heavy (non-hydrogen) atoms. The predicted octanol–water partition coefficient (Wildman–Crippen LogP) is 0.995. The summed E-state index contributed by atoms with van der Waals surface area (Å²) in [5.41, 5.74) is 11.8. The lowest BCUT2D eigenvalue weighted by molar-refractivity contribution is -0.125. The number of hydrogen-bond acceptors (Lipinski definition) is 5. The van der Waals surface area contributed by atoms with E-state index in [2.05, 4.69) is 15.7 Å². The first-order valence-electron chi connectivity index (χ1n) is 9.74. The molecule has 1 atom stereocenters. The normalized spacial score (nSPS) is 12.8. The fraction of sp³-hybridized carbons (Fsp3) is 0.550. The van der Waals surface area contributed by atoms with Gasteiger partial charge in [-0.3, -0.25) is 14.3 Å². The van der Waals surface area contributed by atoms with E-state index in [1.807, 2.05) is 49.7 Å². The zero-order valence-corrected chi connectivity index (χ0v) is 17.0. The summed E-state index contributed by atoms with van der Waals surface area (Å²) in [7, 11) is 0.